The molecule has 0 rings (SSSR count). The van der Waals surface area contributed by atoms with Gasteiger partial charge in [-0.05, 0) is 32.6 Å². The van der Waals surface area contributed by atoms with Crippen molar-refractivity contribution >= 4 is 11.8 Å². The fourth-order valence-corrected chi connectivity index (χ4v) is 1.84. The van der Waals surface area contributed by atoms with E-state index < -0.39 is 12.1 Å². The van der Waals surface area contributed by atoms with Gasteiger partial charge in [-0.2, -0.15) is 0 Å². The van der Waals surface area contributed by atoms with E-state index in [0.29, 0.717) is 12.8 Å². The summed E-state index contributed by atoms with van der Waals surface area (Å²) in [5.74, 6) is -0.550. The molecule has 1 N–H and O–H groups in total. The van der Waals surface area contributed by atoms with Crippen LogP contribution in [-0.4, -0.2) is 30.1 Å². The number of allylic oxidation sites excluding steroid dienone is 4. The third-order valence-electron chi connectivity index (χ3n) is 3.47. The van der Waals surface area contributed by atoms with Gasteiger partial charge in [-0.25, -0.2) is 0 Å². The van der Waals surface area contributed by atoms with E-state index in [0.717, 1.165) is 12.8 Å². The van der Waals surface area contributed by atoms with Crippen molar-refractivity contribution in [1.82, 2.24) is 0 Å². The second kappa shape index (κ2) is 11.3. The molecular formula is C17H28O4. The van der Waals surface area contributed by atoms with Crippen molar-refractivity contribution in [3.8, 4) is 0 Å². The maximum atomic E-state index is 11.8. The Balaban J connectivity index is 3.93. The number of hydrogen-bond donors (Lipinski definition) is 1. The first-order valence-electron chi connectivity index (χ1n) is 7.46. The summed E-state index contributed by atoms with van der Waals surface area (Å²) in [5, 5.41) is 9.80. The van der Waals surface area contributed by atoms with E-state index in [9.17, 15) is 14.7 Å². The van der Waals surface area contributed by atoms with Gasteiger partial charge < -0.3 is 9.84 Å². The Kier molecular flexibility index (Phi) is 10.5. The van der Waals surface area contributed by atoms with Gasteiger partial charge in [0, 0.05) is 12.8 Å². The first-order chi connectivity index (χ1) is 9.90. The fraction of sp³-hybridized carbons (Fsp3) is 0.647. The van der Waals surface area contributed by atoms with E-state index in [4.69, 9.17) is 0 Å². The van der Waals surface area contributed by atoms with Gasteiger partial charge in [-0.3, -0.25) is 9.59 Å². The number of ether oxygens (including phenoxy) is 1. The molecule has 0 aliphatic heterocycles. The smallest absolute Gasteiger partial charge is 0.308 e. The highest BCUT2D eigenvalue weighted by Crippen LogP contribution is 2.14. The highest BCUT2D eigenvalue weighted by molar-refractivity contribution is 5.78. The van der Waals surface area contributed by atoms with E-state index in [1.165, 1.54) is 12.7 Å². The predicted molar refractivity (Wildman–Crippen MR) is 83.8 cm³/mol. The Hall–Kier alpha value is -1.42. The number of carbonyl (C=O) groups is 2. The molecule has 0 saturated heterocycles. The molecule has 0 fully saturated rings. The molecule has 0 aliphatic rings. The number of methoxy groups -OCH3 is 1. The minimum Gasteiger partial charge on any atom is -0.469 e. The number of esters is 1. The number of aliphatic hydroxyl groups is 1. The van der Waals surface area contributed by atoms with E-state index >= 15 is 0 Å². The first-order valence-corrected chi connectivity index (χ1v) is 7.46. The van der Waals surface area contributed by atoms with Gasteiger partial charge in [0.05, 0.1) is 19.6 Å². The molecule has 0 unspecified atom stereocenters. The summed E-state index contributed by atoms with van der Waals surface area (Å²) in [5.41, 5.74) is 1.21. The molecule has 0 radical (unpaired) electrons. The van der Waals surface area contributed by atoms with Crippen LogP contribution in [0.4, 0.5) is 0 Å². The van der Waals surface area contributed by atoms with Gasteiger partial charge in [0.15, 0.2) is 0 Å². The molecule has 0 amide bonds. The Labute approximate surface area is 127 Å². The lowest BCUT2D eigenvalue weighted by Gasteiger charge is -2.16. The Morgan fingerprint density at radius 2 is 1.95 bits per heavy atom. The van der Waals surface area contributed by atoms with Crippen molar-refractivity contribution in [1.29, 1.82) is 0 Å². The van der Waals surface area contributed by atoms with Gasteiger partial charge in [0.1, 0.15) is 5.78 Å². The maximum absolute atomic E-state index is 11.8. The van der Waals surface area contributed by atoms with Crippen molar-refractivity contribution in [3.63, 3.8) is 0 Å². The molecule has 0 spiro atoms. The Bertz CT molecular complexity index is 382. The molecule has 0 aromatic heterocycles. The van der Waals surface area contributed by atoms with Crippen molar-refractivity contribution in [3.05, 3.63) is 23.8 Å². The van der Waals surface area contributed by atoms with Gasteiger partial charge >= 0.3 is 5.97 Å². The molecular weight excluding hydrogens is 268 g/mol. The van der Waals surface area contributed by atoms with Crippen molar-refractivity contribution in [2.75, 3.05) is 7.11 Å². The number of Topliss-reactive ketones (excluding diaryl/α,β-unsaturated/α-hetero) is 1. The van der Waals surface area contributed by atoms with E-state index in [1.807, 2.05) is 26.0 Å². The zero-order valence-corrected chi connectivity index (χ0v) is 13.6. The van der Waals surface area contributed by atoms with Crippen LogP contribution in [0.15, 0.2) is 23.8 Å². The van der Waals surface area contributed by atoms with Crippen LogP contribution >= 0.6 is 0 Å². The van der Waals surface area contributed by atoms with Gasteiger partial charge in [0.25, 0.3) is 0 Å². The third kappa shape index (κ3) is 10.0. The zero-order valence-electron chi connectivity index (χ0n) is 13.6. The monoisotopic (exact) mass is 296 g/mol. The average molecular weight is 296 g/mol. The quantitative estimate of drug-likeness (QED) is 0.382. The molecule has 4 heteroatoms. The van der Waals surface area contributed by atoms with Crippen LogP contribution in [0.5, 0.6) is 0 Å². The zero-order chi connectivity index (χ0) is 16.3. The topological polar surface area (TPSA) is 63.6 Å². The highest BCUT2D eigenvalue weighted by atomic mass is 16.5. The molecule has 120 valence electrons. The number of aliphatic hydroxyl groups excluding tert-OH is 1. The summed E-state index contributed by atoms with van der Waals surface area (Å²) in [4.78, 5) is 22.9. The van der Waals surface area contributed by atoms with Crippen molar-refractivity contribution in [2.45, 2.75) is 59.0 Å². The van der Waals surface area contributed by atoms with E-state index in [1.54, 1.807) is 6.92 Å². The molecule has 0 bridgehead atoms. The molecule has 0 saturated carbocycles. The maximum Gasteiger partial charge on any atom is 0.308 e. The number of carbonyl (C=O) groups excluding carboxylic acids is 2. The molecule has 21 heavy (non-hydrogen) atoms. The van der Waals surface area contributed by atoms with Crippen LogP contribution < -0.4 is 0 Å². The van der Waals surface area contributed by atoms with Crippen LogP contribution in [-0.2, 0) is 14.3 Å². The van der Waals surface area contributed by atoms with Crippen LogP contribution in [0.1, 0.15) is 52.9 Å². The lowest BCUT2D eigenvalue weighted by molar-refractivity contribution is -0.144. The highest BCUT2D eigenvalue weighted by Gasteiger charge is 2.20. The SMILES string of the molecule is C/C=C(C)/C=C/CCCC(=O)C[C@H](C)[C@@H](O)CC(=O)OC. The molecule has 2 atom stereocenters. The number of ketones is 1. The van der Waals surface area contributed by atoms with Crippen molar-refractivity contribution < 1.29 is 19.4 Å². The van der Waals surface area contributed by atoms with Gasteiger partial charge in [-0.15, -0.1) is 0 Å². The minimum atomic E-state index is -0.821. The molecule has 4 nitrogen and oxygen atoms in total. The summed E-state index contributed by atoms with van der Waals surface area (Å²) in [7, 11) is 1.29. The largest absolute Gasteiger partial charge is 0.469 e. The minimum absolute atomic E-state index is 0.0592. The number of rotatable bonds is 10. The molecule has 0 aromatic carbocycles. The molecule has 0 heterocycles. The molecule has 0 aliphatic carbocycles. The summed E-state index contributed by atoms with van der Waals surface area (Å²) < 4.78 is 4.50. The predicted octanol–water partition coefficient (Wildman–Crippen LogP) is 3.20. The van der Waals surface area contributed by atoms with Gasteiger partial charge in [-0.1, -0.05) is 30.7 Å². The normalized spacial score (nSPS) is 15.0. The summed E-state index contributed by atoms with van der Waals surface area (Å²) >= 11 is 0. The molecule has 0 aromatic rings. The second-order valence-electron chi connectivity index (χ2n) is 5.39. The van der Waals surface area contributed by atoms with Gasteiger partial charge in [0.2, 0.25) is 0 Å². The number of hydrogen-bond acceptors (Lipinski definition) is 4. The lowest BCUT2D eigenvalue weighted by Crippen LogP contribution is -2.24. The van der Waals surface area contributed by atoms with Crippen LogP contribution in [0.3, 0.4) is 0 Å². The Morgan fingerprint density at radius 1 is 1.29 bits per heavy atom. The van der Waals surface area contributed by atoms with Crippen LogP contribution in [0.2, 0.25) is 0 Å². The fourth-order valence-electron chi connectivity index (χ4n) is 1.84. The standard InChI is InChI=1S/C17H28O4/c1-5-13(2)9-7-6-8-10-15(18)11-14(3)16(19)12-17(20)21-4/h5,7,9,14,16,19H,6,8,10-12H2,1-4H3/b9-7+,13-5+/t14-,16-/m0/s1. The lowest BCUT2D eigenvalue weighted by atomic mass is 9.94. The van der Waals surface area contributed by atoms with E-state index in [2.05, 4.69) is 10.8 Å². The Morgan fingerprint density at radius 3 is 2.52 bits per heavy atom. The summed E-state index contributed by atoms with van der Waals surface area (Å²) in [6.07, 6.45) is 7.76. The van der Waals surface area contributed by atoms with Crippen LogP contribution in [0.25, 0.3) is 0 Å². The number of unbranched alkanes of at least 4 members (excludes halogenated alkanes) is 1. The van der Waals surface area contributed by atoms with Crippen LogP contribution in [0, 0.1) is 5.92 Å². The summed E-state index contributed by atoms with van der Waals surface area (Å²) in [6.45, 7) is 5.80. The third-order valence-corrected chi connectivity index (χ3v) is 3.47. The average Bonchev–Trinajstić information content (AvgIpc) is 2.46. The summed E-state index contributed by atoms with van der Waals surface area (Å²) in [6, 6.07) is 0. The van der Waals surface area contributed by atoms with E-state index in [-0.39, 0.29) is 18.1 Å². The van der Waals surface area contributed by atoms with Crippen molar-refractivity contribution in [2.24, 2.45) is 5.92 Å². The first kappa shape index (κ1) is 19.6. The second-order valence-corrected chi connectivity index (χ2v) is 5.39.